The third kappa shape index (κ3) is 4.99. The minimum atomic E-state index is -4.65. The highest BCUT2D eigenvalue weighted by Gasteiger charge is 2.34. The molecule has 0 aliphatic carbocycles. The molecule has 1 heterocycles. The van der Waals surface area contributed by atoms with Gasteiger partial charge in [-0.15, -0.1) is 9.42 Å². The normalized spacial score (nSPS) is 12.2. The van der Waals surface area contributed by atoms with Gasteiger partial charge >= 0.3 is 14.4 Å². The second-order valence-corrected chi connectivity index (χ2v) is 5.85. The Morgan fingerprint density at radius 1 is 1.33 bits per heavy atom. The van der Waals surface area contributed by atoms with Crippen molar-refractivity contribution in [1.29, 1.82) is 0 Å². The van der Waals surface area contributed by atoms with Gasteiger partial charge in [-0.1, -0.05) is 29.3 Å². The van der Waals surface area contributed by atoms with Crippen LogP contribution in [0.3, 0.4) is 0 Å². The Bertz CT molecular complexity index is 777. The Morgan fingerprint density at radius 2 is 2.04 bits per heavy atom. The zero-order valence-corrected chi connectivity index (χ0v) is 13.9. The van der Waals surface area contributed by atoms with Gasteiger partial charge in [-0.2, -0.15) is 13.2 Å². The summed E-state index contributed by atoms with van der Waals surface area (Å²) in [5, 5.41) is 2.07. The van der Waals surface area contributed by atoms with Crippen LogP contribution in [0.25, 0.3) is 0 Å². The van der Waals surface area contributed by atoms with Crippen molar-refractivity contribution in [3.8, 4) is 0 Å². The van der Waals surface area contributed by atoms with Gasteiger partial charge < -0.3 is 5.32 Å². The average Bonchev–Trinajstić information content (AvgIpc) is 2.46. The molecule has 12 heteroatoms. The second kappa shape index (κ2) is 7.58. The van der Waals surface area contributed by atoms with Gasteiger partial charge in [-0.3, -0.25) is 0 Å². The van der Waals surface area contributed by atoms with E-state index in [9.17, 15) is 17.7 Å². The number of alkyl halides is 3. The minimum absolute atomic E-state index is 0.131. The number of hydrogen-bond acceptors (Lipinski definition) is 5. The predicted octanol–water partition coefficient (Wildman–Crippen LogP) is 4.71. The molecular formula is C12H8Cl2F3N3O3P+. The van der Waals surface area contributed by atoms with Crippen LogP contribution >= 0.6 is 31.5 Å². The van der Waals surface area contributed by atoms with Gasteiger partial charge in [-0.05, 0) is 17.7 Å². The van der Waals surface area contributed by atoms with Gasteiger partial charge in [0.15, 0.2) is 0 Å². The van der Waals surface area contributed by atoms with Crippen LogP contribution in [-0.2, 0) is 21.9 Å². The van der Waals surface area contributed by atoms with E-state index in [0.717, 1.165) is 0 Å². The summed E-state index contributed by atoms with van der Waals surface area (Å²) in [6, 6.07) is 4.48. The monoisotopic (exact) mass is 400 g/mol. The number of nitrogens with zero attached hydrogens (tertiary/aromatic N) is 2. The molecule has 0 bridgehead atoms. The maximum absolute atomic E-state index is 12.6. The zero-order valence-electron chi connectivity index (χ0n) is 11.5. The van der Waals surface area contributed by atoms with Gasteiger partial charge in [-0.25, -0.2) is 9.97 Å². The Balaban J connectivity index is 2.16. The lowest BCUT2D eigenvalue weighted by Crippen LogP contribution is -2.09. The highest BCUT2D eigenvalue weighted by atomic mass is 35.5. The lowest BCUT2D eigenvalue weighted by atomic mass is 10.2. The Labute approximate surface area is 144 Å². The molecule has 1 atom stereocenters. The van der Waals surface area contributed by atoms with Gasteiger partial charge in [0, 0.05) is 10.8 Å². The number of halogens is 5. The standard InChI is InChI=1S/C12H7Cl2F3N3O3P/c13-8-3-6(5-23-24(21)22)1-2-9(8)19-11-18-4-7(10(14)20-11)12(15,16)17/h1-4H,5H2,(H-,18,19,20,21,22)/p+1. The van der Waals surface area contributed by atoms with E-state index < -0.39 is 25.1 Å². The molecule has 0 amide bonds. The van der Waals surface area contributed by atoms with Crippen molar-refractivity contribution in [2.24, 2.45) is 0 Å². The number of nitrogens with one attached hydrogen (secondary N) is 1. The summed E-state index contributed by atoms with van der Waals surface area (Å²) >= 11 is 11.5. The number of benzene rings is 1. The summed E-state index contributed by atoms with van der Waals surface area (Å²) in [4.78, 5) is 15.6. The van der Waals surface area contributed by atoms with Crippen LogP contribution in [0.4, 0.5) is 24.8 Å². The first kappa shape index (κ1) is 18.8. The van der Waals surface area contributed by atoms with E-state index in [4.69, 9.17) is 28.1 Å². The number of aromatic nitrogens is 2. The number of anilines is 2. The number of hydrogen-bond donors (Lipinski definition) is 2. The van der Waals surface area contributed by atoms with Crippen LogP contribution in [0.2, 0.25) is 10.2 Å². The maximum Gasteiger partial charge on any atom is 0.695 e. The van der Waals surface area contributed by atoms with E-state index in [0.29, 0.717) is 17.4 Å². The summed E-state index contributed by atoms with van der Waals surface area (Å²) in [7, 11) is -2.73. The first-order chi connectivity index (χ1) is 11.2. The SMILES string of the molecule is O=[P+](O)OCc1ccc(Nc2ncc(C(F)(F)F)c(Cl)n2)c(Cl)c1. The molecule has 1 aromatic heterocycles. The molecule has 2 aromatic rings. The van der Waals surface area contributed by atoms with Crippen LogP contribution in [0.1, 0.15) is 11.1 Å². The van der Waals surface area contributed by atoms with Gasteiger partial charge in [0.05, 0.1) is 10.7 Å². The predicted molar refractivity (Wildman–Crippen MR) is 81.4 cm³/mol. The van der Waals surface area contributed by atoms with Crippen molar-refractivity contribution in [2.45, 2.75) is 12.8 Å². The molecule has 2 N–H and O–H groups in total. The summed E-state index contributed by atoms with van der Waals surface area (Å²) in [6.07, 6.45) is -4.09. The third-order valence-electron chi connectivity index (χ3n) is 2.67. The molecule has 0 fully saturated rings. The summed E-state index contributed by atoms with van der Waals surface area (Å²) in [5.74, 6) is -0.169. The van der Waals surface area contributed by atoms with Crippen LogP contribution < -0.4 is 5.32 Å². The fraction of sp³-hybridized carbons (Fsp3) is 0.167. The van der Waals surface area contributed by atoms with Crippen molar-refractivity contribution in [1.82, 2.24) is 9.97 Å². The lowest BCUT2D eigenvalue weighted by Gasteiger charge is -2.11. The molecular weight excluding hydrogens is 393 g/mol. The fourth-order valence-corrected chi connectivity index (χ4v) is 2.36. The topological polar surface area (TPSA) is 84.3 Å². The van der Waals surface area contributed by atoms with Crippen LogP contribution in [0.5, 0.6) is 0 Å². The van der Waals surface area contributed by atoms with E-state index in [1.165, 1.54) is 12.1 Å². The zero-order chi connectivity index (χ0) is 17.9. The average molecular weight is 401 g/mol. The quantitative estimate of drug-likeness (QED) is 0.558. The second-order valence-electron chi connectivity index (χ2n) is 4.35. The number of rotatable bonds is 5. The molecule has 0 aliphatic rings. The smallest absolute Gasteiger partial charge is 0.323 e. The largest absolute Gasteiger partial charge is 0.695 e. The van der Waals surface area contributed by atoms with Crippen molar-refractivity contribution in [3.05, 3.63) is 45.7 Å². The van der Waals surface area contributed by atoms with Gasteiger partial charge in [0.2, 0.25) is 5.95 Å². The third-order valence-corrected chi connectivity index (χ3v) is 3.62. The van der Waals surface area contributed by atoms with Crippen molar-refractivity contribution >= 4 is 43.1 Å². The van der Waals surface area contributed by atoms with Crippen LogP contribution in [0.15, 0.2) is 24.4 Å². The molecule has 0 radical (unpaired) electrons. The van der Waals surface area contributed by atoms with E-state index in [-0.39, 0.29) is 17.6 Å². The molecule has 1 unspecified atom stereocenters. The molecule has 2 rings (SSSR count). The fourth-order valence-electron chi connectivity index (χ4n) is 1.61. The maximum atomic E-state index is 12.6. The van der Waals surface area contributed by atoms with Crippen LogP contribution in [0, 0.1) is 0 Å². The molecule has 0 saturated heterocycles. The van der Waals surface area contributed by atoms with E-state index in [2.05, 4.69) is 19.8 Å². The molecule has 24 heavy (non-hydrogen) atoms. The van der Waals surface area contributed by atoms with Gasteiger partial charge in [0.25, 0.3) is 0 Å². The highest BCUT2D eigenvalue weighted by molar-refractivity contribution is 7.32. The molecule has 0 aliphatic heterocycles. The minimum Gasteiger partial charge on any atom is -0.323 e. The van der Waals surface area contributed by atoms with Crippen molar-refractivity contribution in [2.75, 3.05) is 5.32 Å². The Kier molecular flexibility index (Phi) is 5.95. The van der Waals surface area contributed by atoms with E-state index in [1.54, 1.807) is 6.07 Å². The summed E-state index contributed by atoms with van der Waals surface area (Å²) < 4.78 is 52.8. The van der Waals surface area contributed by atoms with E-state index >= 15 is 0 Å². The van der Waals surface area contributed by atoms with Crippen LogP contribution in [-0.4, -0.2) is 14.9 Å². The van der Waals surface area contributed by atoms with Crippen molar-refractivity contribution < 1.29 is 27.2 Å². The van der Waals surface area contributed by atoms with Crippen molar-refractivity contribution in [3.63, 3.8) is 0 Å². The van der Waals surface area contributed by atoms with Gasteiger partial charge in [0.1, 0.15) is 17.3 Å². The highest BCUT2D eigenvalue weighted by Crippen LogP contribution is 2.34. The summed E-state index contributed by atoms with van der Waals surface area (Å²) in [5.41, 5.74) is -0.314. The Hall–Kier alpha value is -1.51. The molecule has 128 valence electrons. The summed E-state index contributed by atoms with van der Waals surface area (Å²) in [6.45, 7) is -0.131. The molecule has 1 aromatic carbocycles. The van der Waals surface area contributed by atoms with E-state index in [1.807, 2.05) is 0 Å². The first-order valence-corrected chi connectivity index (χ1v) is 7.99. The first-order valence-electron chi connectivity index (χ1n) is 6.11. The lowest BCUT2D eigenvalue weighted by molar-refractivity contribution is -0.137. The molecule has 6 nitrogen and oxygen atoms in total. The molecule has 0 spiro atoms. The molecule has 0 saturated carbocycles. The Morgan fingerprint density at radius 3 is 2.58 bits per heavy atom.